The summed E-state index contributed by atoms with van der Waals surface area (Å²) in [6.45, 7) is 1.59. The summed E-state index contributed by atoms with van der Waals surface area (Å²) in [6.07, 6.45) is -4.26. The molecule has 0 saturated carbocycles. The van der Waals surface area contributed by atoms with Crippen LogP contribution in [0.1, 0.15) is 10.4 Å². The van der Waals surface area contributed by atoms with Crippen LogP contribution in [0.15, 0.2) is 30.9 Å². The highest BCUT2D eigenvalue weighted by Gasteiger charge is 2.29. The molecule has 0 unspecified atom stereocenters. The van der Waals surface area contributed by atoms with E-state index in [0.29, 0.717) is 0 Å². The standard InChI is InChI=1S/C13H12F3NO5/c1-2-5-21-12(20)17-9-4-3-8(11(18)19)6-10(9)22-7-13(14,15)16/h2-4,6H,1,5,7H2,(H,17,20)(H,18,19). The first kappa shape index (κ1) is 17.3. The molecule has 0 aromatic heterocycles. The van der Waals surface area contributed by atoms with Crippen molar-refractivity contribution in [2.75, 3.05) is 18.5 Å². The quantitative estimate of drug-likeness (QED) is 0.787. The van der Waals surface area contributed by atoms with Crippen LogP contribution in [0.4, 0.5) is 23.7 Å². The third-order valence-corrected chi connectivity index (χ3v) is 2.19. The van der Waals surface area contributed by atoms with Crippen LogP contribution in [-0.4, -0.2) is 36.6 Å². The van der Waals surface area contributed by atoms with Crippen LogP contribution in [0, 0.1) is 0 Å². The van der Waals surface area contributed by atoms with Crippen molar-refractivity contribution in [3.63, 3.8) is 0 Å². The number of hydrogen-bond acceptors (Lipinski definition) is 4. The van der Waals surface area contributed by atoms with Crippen LogP contribution in [0.25, 0.3) is 0 Å². The fourth-order valence-electron chi connectivity index (χ4n) is 1.32. The third kappa shape index (κ3) is 5.73. The molecule has 0 aliphatic rings. The van der Waals surface area contributed by atoms with Gasteiger partial charge in [-0.2, -0.15) is 13.2 Å². The second-order valence-electron chi connectivity index (χ2n) is 3.93. The van der Waals surface area contributed by atoms with Gasteiger partial charge in [0, 0.05) is 0 Å². The van der Waals surface area contributed by atoms with Crippen molar-refractivity contribution < 1.29 is 37.3 Å². The number of hydrogen-bond donors (Lipinski definition) is 2. The van der Waals surface area contributed by atoms with Crippen molar-refractivity contribution in [2.24, 2.45) is 0 Å². The fourth-order valence-corrected chi connectivity index (χ4v) is 1.32. The van der Waals surface area contributed by atoms with Crippen LogP contribution in [-0.2, 0) is 4.74 Å². The summed E-state index contributed by atoms with van der Waals surface area (Å²) < 4.78 is 45.7. The summed E-state index contributed by atoms with van der Waals surface area (Å²) in [4.78, 5) is 22.2. The van der Waals surface area contributed by atoms with Crippen molar-refractivity contribution in [3.8, 4) is 5.75 Å². The topological polar surface area (TPSA) is 84.9 Å². The highest BCUT2D eigenvalue weighted by Crippen LogP contribution is 2.28. The van der Waals surface area contributed by atoms with Gasteiger partial charge in [-0.25, -0.2) is 9.59 Å². The number of halogens is 3. The minimum absolute atomic E-state index is 0.0994. The monoisotopic (exact) mass is 319 g/mol. The van der Waals surface area contributed by atoms with E-state index in [-0.39, 0.29) is 17.9 Å². The van der Waals surface area contributed by atoms with Crippen LogP contribution in [0.5, 0.6) is 5.75 Å². The Balaban J connectivity index is 2.96. The molecule has 0 saturated heterocycles. The van der Waals surface area contributed by atoms with E-state index in [1.807, 2.05) is 0 Å². The maximum absolute atomic E-state index is 12.2. The van der Waals surface area contributed by atoms with Gasteiger partial charge in [0.15, 0.2) is 6.61 Å². The number of nitrogens with one attached hydrogen (secondary N) is 1. The Morgan fingerprint density at radius 1 is 1.36 bits per heavy atom. The first-order chi connectivity index (χ1) is 10.2. The Morgan fingerprint density at radius 3 is 2.59 bits per heavy atom. The lowest BCUT2D eigenvalue weighted by Crippen LogP contribution is -2.21. The Bertz CT molecular complexity index is 571. The molecule has 0 heterocycles. The van der Waals surface area contributed by atoms with Gasteiger partial charge in [-0.3, -0.25) is 5.32 Å². The van der Waals surface area contributed by atoms with Gasteiger partial charge < -0.3 is 14.6 Å². The van der Waals surface area contributed by atoms with Crippen LogP contribution in [0.3, 0.4) is 0 Å². The second-order valence-corrected chi connectivity index (χ2v) is 3.93. The Kier molecular flexibility index (Phi) is 5.79. The highest BCUT2D eigenvalue weighted by atomic mass is 19.4. The van der Waals surface area contributed by atoms with Gasteiger partial charge in [-0.05, 0) is 18.2 Å². The van der Waals surface area contributed by atoms with Crippen LogP contribution in [0.2, 0.25) is 0 Å². The van der Waals surface area contributed by atoms with Crippen molar-refractivity contribution >= 4 is 17.7 Å². The number of anilines is 1. The lowest BCUT2D eigenvalue weighted by atomic mass is 10.2. The smallest absolute Gasteiger partial charge is 0.422 e. The lowest BCUT2D eigenvalue weighted by Gasteiger charge is -2.14. The van der Waals surface area contributed by atoms with Gasteiger partial charge in [-0.15, -0.1) is 0 Å². The van der Waals surface area contributed by atoms with E-state index in [4.69, 9.17) is 5.11 Å². The van der Waals surface area contributed by atoms with Gasteiger partial charge in [0.1, 0.15) is 12.4 Å². The molecule has 0 aliphatic heterocycles. The molecule has 1 aromatic carbocycles. The van der Waals surface area contributed by atoms with Crippen LogP contribution < -0.4 is 10.1 Å². The number of ether oxygens (including phenoxy) is 2. The summed E-state index contributed by atoms with van der Waals surface area (Å²) >= 11 is 0. The van der Waals surface area contributed by atoms with E-state index in [9.17, 15) is 22.8 Å². The van der Waals surface area contributed by atoms with Crippen LogP contribution >= 0.6 is 0 Å². The molecule has 1 rings (SSSR count). The summed E-state index contributed by atoms with van der Waals surface area (Å²) in [5.74, 6) is -1.79. The zero-order valence-corrected chi connectivity index (χ0v) is 11.1. The second kappa shape index (κ2) is 7.34. The normalized spacial score (nSPS) is 10.7. The van der Waals surface area contributed by atoms with E-state index in [1.165, 1.54) is 6.08 Å². The Morgan fingerprint density at radius 2 is 2.05 bits per heavy atom. The number of carbonyl (C=O) groups is 2. The summed E-state index contributed by atoms with van der Waals surface area (Å²) in [5.41, 5.74) is -0.439. The molecule has 1 aromatic rings. The zero-order valence-electron chi connectivity index (χ0n) is 11.1. The molecular formula is C13H12F3NO5. The molecule has 0 aliphatic carbocycles. The minimum Gasteiger partial charge on any atom is -0.482 e. The van der Waals surface area contributed by atoms with E-state index < -0.39 is 30.6 Å². The number of benzene rings is 1. The summed E-state index contributed by atoms with van der Waals surface area (Å²) in [6, 6.07) is 3.08. The number of carboxylic acids is 1. The summed E-state index contributed by atoms with van der Waals surface area (Å²) in [7, 11) is 0. The molecule has 0 spiro atoms. The van der Waals surface area contributed by atoms with Gasteiger partial charge >= 0.3 is 18.2 Å². The molecule has 2 N–H and O–H groups in total. The predicted molar refractivity (Wildman–Crippen MR) is 70.1 cm³/mol. The van der Waals surface area contributed by atoms with Crippen molar-refractivity contribution in [3.05, 3.63) is 36.4 Å². The number of carbonyl (C=O) groups excluding carboxylic acids is 1. The maximum atomic E-state index is 12.2. The third-order valence-electron chi connectivity index (χ3n) is 2.19. The van der Waals surface area contributed by atoms with E-state index in [2.05, 4.69) is 21.4 Å². The van der Waals surface area contributed by atoms with E-state index in [0.717, 1.165) is 18.2 Å². The van der Waals surface area contributed by atoms with E-state index in [1.54, 1.807) is 0 Å². The molecule has 0 radical (unpaired) electrons. The molecule has 22 heavy (non-hydrogen) atoms. The maximum Gasteiger partial charge on any atom is 0.422 e. The molecule has 0 bridgehead atoms. The molecule has 9 heteroatoms. The average Bonchev–Trinajstić information content (AvgIpc) is 2.42. The van der Waals surface area contributed by atoms with Gasteiger partial charge in [-0.1, -0.05) is 12.7 Å². The molecule has 1 amide bonds. The van der Waals surface area contributed by atoms with Gasteiger partial charge in [0.05, 0.1) is 11.3 Å². The molecule has 6 nitrogen and oxygen atoms in total. The number of carboxylic acid groups (broad SMARTS) is 1. The highest BCUT2D eigenvalue weighted by molar-refractivity contribution is 5.91. The van der Waals surface area contributed by atoms with Gasteiger partial charge in [0.25, 0.3) is 0 Å². The SMILES string of the molecule is C=CCOC(=O)Nc1ccc(C(=O)O)cc1OCC(F)(F)F. The Hall–Kier alpha value is -2.71. The Labute approximate surface area is 123 Å². The predicted octanol–water partition coefficient (Wildman–Crippen LogP) is 3.06. The lowest BCUT2D eigenvalue weighted by molar-refractivity contribution is -0.153. The molecule has 120 valence electrons. The van der Waals surface area contributed by atoms with Gasteiger partial charge in [0.2, 0.25) is 0 Å². The molecule has 0 atom stereocenters. The zero-order chi connectivity index (χ0) is 16.8. The number of amides is 1. The van der Waals surface area contributed by atoms with E-state index >= 15 is 0 Å². The molecular weight excluding hydrogens is 307 g/mol. The molecule has 0 fully saturated rings. The first-order valence-electron chi connectivity index (χ1n) is 5.84. The number of rotatable bonds is 6. The summed E-state index contributed by atoms with van der Waals surface area (Å²) in [5, 5.41) is 11.0. The first-order valence-corrected chi connectivity index (χ1v) is 5.84. The van der Waals surface area contributed by atoms with Crippen molar-refractivity contribution in [2.45, 2.75) is 6.18 Å². The minimum atomic E-state index is -4.61. The fraction of sp³-hybridized carbons (Fsp3) is 0.231. The van der Waals surface area contributed by atoms with Crippen molar-refractivity contribution in [1.29, 1.82) is 0 Å². The number of alkyl halides is 3. The largest absolute Gasteiger partial charge is 0.482 e. The number of aromatic carboxylic acids is 1. The average molecular weight is 319 g/mol. The van der Waals surface area contributed by atoms with Crippen molar-refractivity contribution in [1.82, 2.24) is 0 Å².